The average Bonchev–Trinajstić information content (AvgIpc) is 2.52. The van der Waals surface area contributed by atoms with E-state index in [0.717, 1.165) is 11.2 Å². The Balaban J connectivity index is 2.62. The van der Waals surface area contributed by atoms with Gasteiger partial charge in [-0.15, -0.1) is 11.3 Å². The Labute approximate surface area is 69.5 Å². The van der Waals surface area contributed by atoms with E-state index in [-0.39, 0.29) is 12.5 Å². The molecule has 1 N–H and O–H groups in total. The lowest BCUT2D eigenvalue weighted by Gasteiger charge is -2.06. The standard InChI is InChI=1S/C8H10O2S/c9-4-3-7(6-10)8-2-1-5-11-8/h1-2,4-5,7,10H,3,6H2. The Morgan fingerprint density at radius 3 is 3.00 bits per heavy atom. The Bertz CT molecular complexity index is 206. The van der Waals surface area contributed by atoms with Crippen LogP contribution in [-0.4, -0.2) is 18.0 Å². The predicted molar refractivity (Wildman–Crippen MR) is 44.8 cm³/mol. The molecule has 0 fully saturated rings. The normalized spacial score (nSPS) is 12.8. The molecule has 1 aromatic rings. The molecule has 11 heavy (non-hydrogen) atoms. The molecule has 0 saturated carbocycles. The van der Waals surface area contributed by atoms with E-state index in [2.05, 4.69) is 0 Å². The highest BCUT2D eigenvalue weighted by molar-refractivity contribution is 7.10. The lowest BCUT2D eigenvalue weighted by molar-refractivity contribution is -0.108. The van der Waals surface area contributed by atoms with Crippen molar-refractivity contribution in [3.05, 3.63) is 22.4 Å². The number of aliphatic hydroxyl groups is 1. The average molecular weight is 170 g/mol. The molecule has 1 atom stereocenters. The molecular weight excluding hydrogens is 160 g/mol. The predicted octanol–water partition coefficient (Wildman–Crippen LogP) is 1.41. The highest BCUT2D eigenvalue weighted by Gasteiger charge is 2.09. The van der Waals surface area contributed by atoms with Gasteiger partial charge >= 0.3 is 0 Å². The number of carbonyl (C=O) groups excluding carboxylic acids is 1. The fraction of sp³-hybridized carbons (Fsp3) is 0.375. The second kappa shape index (κ2) is 4.26. The SMILES string of the molecule is O=CCC(CO)c1cccs1. The summed E-state index contributed by atoms with van der Waals surface area (Å²) in [5, 5.41) is 10.8. The van der Waals surface area contributed by atoms with Crippen LogP contribution in [0.3, 0.4) is 0 Å². The fourth-order valence-corrected chi connectivity index (χ4v) is 1.75. The summed E-state index contributed by atoms with van der Waals surface area (Å²) in [5.74, 6) is 0.00694. The zero-order valence-corrected chi connectivity index (χ0v) is 6.88. The van der Waals surface area contributed by atoms with Gasteiger partial charge in [-0.2, -0.15) is 0 Å². The summed E-state index contributed by atoms with van der Waals surface area (Å²) >= 11 is 1.58. The molecule has 0 bridgehead atoms. The molecule has 0 amide bonds. The van der Waals surface area contributed by atoms with Gasteiger partial charge in [-0.05, 0) is 11.4 Å². The summed E-state index contributed by atoms with van der Waals surface area (Å²) in [4.78, 5) is 11.2. The molecular formula is C8H10O2S. The molecule has 0 aliphatic carbocycles. The second-order valence-electron chi connectivity index (χ2n) is 2.30. The first-order valence-electron chi connectivity index (χ1n) is 3.46. The molecule has 0 aliphatic heterocycles. The zero-order chi connectivity index (χ0) is 8.10. The highest BCUT2D eigenvalue weighted by Crippen LogP contribution is 2.22. The van der Waals surface area contributed by atoms with Crippen molar-refractivity contribution >= 4 is 17.6 Å². The van der Waals surface area contributed by atoms with Crippen molar-refractivity contribution in [1.29, 1.82) is 0 Å². The van der Waals surface area contributed by atoms with Crippen LogP contribution in [0, 0.1) is 0 Å². The van der Waals surface area contributed by atoms with Gasteiger partial charge in [-0.25, -0.2) is 0 Å². The van der Waals surface area contributed by atoms with Crippen molar-refractivity contribution in [1.82, 2.24) is 0 Å². The second-order valence-corrected chi connectivity index (χ2v) is 3.28. The van der Waals surface area contributed by atoms with Gasteiger partial charge in [0.05, 0.1) is 6.61 Å². The number of aliphatic hydroxyl groups excluding tert-OH is 1. The smallest absolute Gasteiger partial charge is 0.120 e. The Morgan fingerprint density at radius 2 is 2.55 bits per heavy atom. The summed E-state index contributed by atoms with van der Waals surface area (Å²) < 4.78 is 0. The molecule has 1 rings (SSSR count). The van der Waals surface area contributed by atoms with E-state index in [1.165, 1.54) is 0 Å². The van der Waals surface area contributed by atoms with E-state index in [1.807, 2.05) is 17.5 Å². The van der Waals surface area contributed by atoms with E-state index in [0.29, 0.717) is 6.42 Å². The van der Waals surface area contributed by atoms with Gasteiger partial charge < -0.3 is 9.90 Å². The molecule has 2 nitrogen and oxygen atoms in total. The third-order valence-electron chi connectivity index (χ3n) is 1.55. The molecule has 1 heterocycles. The van der Waals surface area contributed by atoms with Crippen molar-refractivity contribution < 1.29 is 9.90 Å². The van der Waals surface area contributed by atoms with Crippen molar-refractivity contribution in [2.75, 3.05) is 6.61 Å². The maximum atomic E-state index is 10.2. The Morgan fingerprint density at radius 1 is 1.73 bits per heavy atom. The van der Waals surface area contributed by atoms with Crippen LogP contribution in [0.15, 0.2) is 17.5 Å². The quantitative estimate of drug-likeness (QED) is 0.694. The monoisotopic (exact) mass is 170 g/mol. The lowest BCUT2D eigenvalue weighted by atomic mass is 10.1. The largest absolute Gasteiger partial charge is 0.396 e. The first-order valence-corrected chi connectivity index (χ1v) is 4.34. The summed E-state index contributed by atoms with van der Waals surface area (Å²) in [7, 11) is 0. The number of carbonyl (C=O) groups is 1. The molecule has 0 aromatic carbocycles. The number of hydrogen-bond acceptors (Lipinski definition) is 3. The van der Waals surface area contributed by atoms with Gasteiger partial charge in [0.25, 0.3) is 0 Å². The van der Waals surface area contributed by atoms with Crippen LogP contribution in [0.25, 0.3) is 0 Å². The van der Waals surface area contributed by atoms with Crippen molar-refractivity contribution in [2.45, 2.75) is 12.3 Å². The Kier molecular flexibility index (Phi) is 3.26. The van der Waals surface area contributed by atoms with Gasteiger partial charge in [0, 0.05) is 17.2 Å². The van der Waals surface area contributed by atoms with Crippen LogP contribution in [0.4, 0.5) is 0 Å². The van der Waals surface area contributed by atoms with Crippen molar-refractivity contribution in [2.24, 2.45) is 0 Å². The van der Waals surface area contributed by atoms with E-state index < -0.39 is 0 Å². The van der Waals surface area contributed by atoms with Crippen LogP contribution >= 0.6 is 11.3 Å². The van der Waals surface area contributed by atoms with Gasteiger partial charge in [0.1, 0.15) is 6.29 Å². The van der Waals surface area contributed by atoms with Crippen molar-refractivity contribution in [3.63, 3.8) is 0 Å². The summed E-state index contributed by atoms with van der Waals surface area (Å²) in [6.07, 6.45) is 1.26. The molecule has 0 saturated heterocycles. The van der Waals surface area contributed by atoms with E-state index in [4.69, 9.17) is 5.11 Å². The van der Waals surface area contributed by atoms with Crippen LogP contribution in [0.1, 0.15) is 17.2 Å². The summed E-state index contributed by atoms with van der Waals surface area (Å²) in [6, 6.07) is 3.86. The van der Waals surface area contributed by atoms with Crippen LogP contribution < -0.4 is 0 Å². The highest BCUT2D eigenvalue weighted by atomic mass is 32.1. The minimum atomic E-state index is 0.00694. The maximum Gasteiger partial charge on any atom is 0.120 e. The fourth-order valence-electron chi connectivity index (χ4n) is 0.920. The minimum absolute atomic E-state index is 0.00694. The first kappa shape index (κ1) is 8.43. The number of hydrogen-bond donors (Lipinski definition) is 1. The van der Waals surface area contributed by atoms with Gasteiger partial charge in [-0.1, -0.05) is 6.07 Å². The van der Waals surface area contributed by atoms with Crippen LogP contribution in [0.5, 0.6) is 0 Å². The zero-order valence-electron chi connectivity index (χ0n) is 6.06. The topological polar surface area (TPSA) is 37.3 Å². The van der Waals surface area contributed by atoms with E-state index in [9.17, 15) is 4.79 Å². The summed E-state index contributed by atoms with van der Waals surface area (Å²) in [5.41, 5.74) is 0. The van der Waals surface area contributed by atoms with E-state index in [1.54, 1.807) is 11.3 Å². The first-order chi connectivity index (χ1) is 5.38. The van der Waals surface area contributed by atoms with Gasteiger partial charge in [0.2, 0.25) is 0 Å². The molecule has 60 valence electrons. The Hall–Kier alpha value is -0.670. The minimum Gasteiger partial charge on any atom is -0.396 e. The molecule has 0 radical (unpaired) electrons. The maximum absolute atomic E-state index is 10.2. The van der Waals surface area contributed by atoms with Crippen molar-refractivity contribution in [3.8, 4) is 0 Å². The third kappa shape index (κ3) is 2.13. The van der Waals surface area contributed by atoms with Crippen LogP contribution in [-0.2, 0) is 4.79 Å². The molecule has 1 unspecified atom stereocenters. The van der Waals surface area contributed by atoms with E-state index >= 15 is 0 Å². The number of thiophene rings is 1. The summed E-state index contributed by atoms with van der Waals surface area (Å²) in [6.45, 7) is 0.0548. The number of aldehydes is 1. The number of rotatable bonds is 4. The molecule has 3 heteroatoms. The molecule has 1 aromatic heterocycles. The molecule has 0 spiro atoms. The lowest BCUT2D eigenvalue weighted by Crippen LogP contribution is -2.02. The molecule has 0 aliphatic rings. The van der Waals surface area contributed by atoms with Gasteiger partial charge in [0.15, 0.2) is 0 Å². The van der Waals surface area contributed by atoms with Gasteiger partial charge in [-0.3, -0.25) is 0 Å². The van der Waals surface area contributed by atoms with Crippen LogP contribution in [0.2, 0.25) is 0 Å². The third-order valence-corrected chi connectivity index (χ3v) is 2.58.